The minimum absolute atomic E-state index is 1.07. The van der Waals surface area contributed by atoms with Crippen molar-refractivity contribution in [2.45, 2.75) is 0 Å². The minimum atomic E-state index is 1.07. The molecule has 332 valence electrons. The van der Waals surface area contributed by atoms with E-state index in [-0.39, 0.29) is 0 Å². The van der Waals surface area contributed by atoms with Crippen molar-refractivity contribution >= 4 is 104 Å². The Morgan fingerprint density at radius 1 is 0.197 bits per heavy atom. The molecule has 0 fully saturated rings. The van der Waals surface area contributed by atoms with Crippen LogP contribution < -0.4 is 4.90 Å². The van der Waals surface area contributed by atoms with E-state index in [1.165, 1.54) is 87.2 Å². The fourth-order valence-electron chi connectivity index (χ4n) is 11.8. The highest BCUT2D eigenvalue weighted by Crippen LogP contribution is 2.45. The summed E-state index contributed by atoms with van der Waals surface area (Å²) in [4.78, 5) is 2.39. The quantitative estimate of drug-likeness (QED) is 0.156. The first-order valence-electron chi connectivity index (χ1n) is 24.4. The SMILES string of the molecule is c1ccc(N(c2cccc(-n3c4ccccc4c4cc5c(cc43)c3ccccc3n5-c3ccccc3)c2)c2cccc(-n3c4ccccc4c4c5c6ccccc6n(-c6ccccc6)c5ccc43)c2)cc1. The van der Waals surface area contributed by atoms with Gasteiger partial charge in [0.25, 0.3) is 0 Å². The molecule has 5 nitrogen and oxygen atoms in total. The molecule has 71 heavy (non-hydrogen) atoms. The molecule has 0 atom stereocenters. The van der Waals surface area contributed by atoms with Gasteiger partial charge in [0.2, 0.25) is 0 Å². The summed E-state index contributed by atoms with van der Waals surface area (Å²) in [6.45, 7) is 0. The fourth-order valence-corrected chi connectivity index (χ4v) is 11.8. The van der Waals surface area contributed by atoms with Gasteiger partial charge in [-0.3, -0.25) is 0 Å². The lowest BCUT2D eigenvalue weighted by atomic mass is 10.1. The van der Waals surface area contributed by atoms with Crippen molar-refractivity contribution in [1.29, 1.82) is 0 Å². The lowest BCUT2D eigenvalue weighted by Gasteiger charge is -2.27. The van der Waals surface area contributed by atoms with Crippen molar-refractivity contribution in [2.75, 3.05) is 4.90 Å². The lowest BCUT2D eigenvalue weighted by Crippen LogP contribution is -2.11. The van der Waals surface area contributed by atoms with E-state index in [9.17, 15) is 0 Å². The summed E-state index contributed by atoms with van der Waals surface area (Å²) in [5.74, 6) is 0. The summed E-state index contributed by atoms with van der Waals surface area (Å²) in [5, 5.41) is 9.91. The fraction of sp³-hybridized carbons (Fsp3) is 0. The van der Waals surface area contributed by atoms with Crippen LogP contribution in [0.25, 0.3) is 110 Å². The van der Waals surface area contributed by atoms with Crippen LogP contribution in [-0.2, 0) is 0 Å². The Kier molecular flexibility index (Phi) is 8.59. The van der Waals surface area contributed by atoms with Crippen LogP contribution in [0.15, 0.2) is 261 Å². The van der Waals surface area contributed by atoms with Gasteiger partial charge in [0.15, 0.2) is 0 Å². The number of hydrogen-bond donors (Lipinski definition) is 0. The molecule has 4 aromatic heterocycles. The lowest BCUT2D eigenvalue weighted by molar-refractivity contribution is 1.16. The number of benzene rings is 11. The monoisotopic (exact) mass is 905 g/mol. The summed E-state index contributed by atoms with van der Waals surface area (Å²) in [6, 6.07) is 95.1. The van der Waals surface area contributed by atoms with E-state index in [1.54, 1.807) is 0 Å². The Morgan fingerprint density at radius 2 is 0.521 bits per heavy atom. The van der Waals surface area contributed by atoms with Crippen LogP contribution in [0.1, 0.15) is 0 Å². The highest BCUT2D eigenvalue weighted by molar-refractivity contribution is 6.29. The molecule has 4 heterocycles. The number of fused-ring (bicyclic) bond motifs is 13. The van der Waals surface area contributed by atoms with E-state index >= 15 is 0 Å². The molecule has 0 spiro atoms. The second-order valence-electron chi connectivity index (χ2n) is 18.5. The summed E-state index contributed by atoms with van der Waals surface area (Å²) in [6.07, 6.45) is 0. The maximum atomic E-state index is 2.45. The van der Waals surface area contributed by atoms with E-state index in [1.807, 2.05) is 0 Å². The Hall–Kier alpha value is -9.58. The van der Waals surface area contributed by atoms with Crippen LogP contribution in [-0.4, -0.2) is 18.3 Å². The molecule has 5 heteroatoms. The van der Waals surface area contributed by atoms with Crippen molar-refractivity contribution in [3.05, 3.63) is 261 Å². The first-order valence-corrected chi connectivity index (χ1v) is 24.4. The van der Waals surface area contributed by atoms with Gasteiger partial charge in [-0.05, 0) is 121 Å². The van der Waals surface area contributed by atoms with E-state index in [0.717, 1.165) is 39.8 Å². The van der Waals surface area contributed by atoms with Crippen LogP contribution in [0.4, 0.5) is 17.1 Å². The standard InChI is InChI=1S/C66H43N5/c1-4-20-44(21-5-1)67(47-26-18-28-49(40-47)70-60-37-17-13-33-54(60)66-62(70)39-38-61-65(66)53-32-12-16-36-59(53)68(61)45-22-6-2-7-23-45)48-27-19-29-50(41-48)71-58-35-15-11-31-52(58)56-42-63-55(43-64(56)71)51-30-10-14-34-57(51)69(63)46-24-8-3-9-25-46/h1-43H. The van der Waals surface area contributed by atoms with Crippen LogP contribution in [0.2, 0.25) is 0 Å². The van der Waals surface area contributed by atoms with E-state index in [4.69, 9.17) is 0 Å². The molecule has 0 unspecified atom stereocenters. The topological polar surface area (TPSA) is 23.0 Å². The Bertz CT molecular complexity index is 4480. The van der Waals surface area contributed by atoms with Gasteiger partial charge in [-0.2, -0.15) is 0 Å². The van der Waals surface area contributed by atoms with Gasteiger partial charge in [0.1, 0.15) is 0 Å². The zero-order valence-corrected chi connectivity index (χ0v) is 38.6. The number of aromatic nitrogens is 4. The first-order chi connectivity index (χ1) is 35.3. The van der Waals surface area contributed by atoms with Gasteiger partial charge in [-0.15, -0.1) is 0 Å². The van der Waals surface area contributed by atoms with Crippen LogP contribution in [0, 0.1) is 0 Å². The second-order valence-corrected chi connectivity index (χ2v) is 18.5. The second kappa shape index (κ2) is 15.5. The van der Waals surface area contributed by atoms with Crippen LogP contribution in [0.5, 0.6) is 0 Å². The van der Waals surface area contributed by atoms with Crippen molar-refractivity contribution in [3.8, 4) is 22.7 Å². The van der Waals surface area contributed by atoms with Gasteiger partial charge >= 0.3 is 0 Å². The average Bonchev–Trinajstić information content (AvgIpc) is 4.16. The zero-order chi connectivity index (χ0) is 46.6. The Morgan fingerprint density at radius 3 is 0.986 bits per heavy atom. The molecule has 0 radical (unpaired) electrons. The zero-order valence-electron chi connectivity index (χ0n) is 38.6. The first kappa shape index (κ1) is 39.4. The highest BCUT2D eigenvalue weighted by atomic mass is 15.1. The minimum Gasteiger partial charge on any atom is -0.310 e. The Labute approximate surface area is 409 Å². The molecule has 0 saturated heterocycles. The third-order valence-corrected chi connectivity index (χ3v) is 14.7. The number of anilines is 3. The van der Waals surface area contributed by atoms with E-state index < -0.39 is 0 Å². The average molecular weight is 906 g/mol. The largest absolute Gasteiger partial charge is 0.310 e. The molecule has 0 saturated carbocycles. The summed E-state index contributed by atoms with van der Waals surface area (Å²) >= 11 is 0. The molecule has 0 aliphatic rings. The van der Waals surface area contributed by atoms with Crippen molar-refractivity contribution in [2.24, 2.45) is 0 Å². The van der Waals surface area contributed by atoms with Crippen LogP contribution >= 0.6 is 0 Å². The number of rotatable bonds is 7. The van der Waals surface area contributed by atoms with Crippen LogP contribution in [0.3, 0.4) is 0 Å². The molecule has 15 rings (SSSR count). The third-order valence-electron chi connectivity index (χ3n) is 14.7. The molecule has 11 aromatic carbocycles. The normalized spacial score (nSPS) is 11.9. The van der Waals surface area contributed by atoms with E-state index in [2.05, 4.69) is 284 Å². The molecular weight excluding hydrogens is 863 g/mol. The smallest absolute Gasteiger partial charge is 0.0548 e. The molecule has 0 aliphatic carbocycles. The third kappa shape index (κ3) is 5.87. The van der Waals surface area contributed by atoms with Gasteiger partial charge < -0.3 is 23.2 Å². The summed E-state index contributed by atoms with van der Waals surface area (Å²) in [5.41, 5.74) is 17.2. The summed E-state index contributed by atoms with van der Waals surface area (Å²) in [7, 11) is 0. The predicted molar refractivity (Wildman–Crippen MR) is 298 cm³/mol. The molecule has 15 aromatic rings. The molecule has 0 aliphatic heterocycles. The van der Waals surface area contributed by atoms with Crippen molar-refractivity contribution in [3.63, 3.8) is 0 Å². The molecule has 0 amide bonds. The maximum Gasteiger partial charge on any atom is 0.0548 e. The molecule has 0 N–H and O–H groups in total. The number of para-hydroxylation sites is 7. The van der Waals surface area contributed by atoms with Gasteiger partial charge in [0.05, 0.1) is 44.1 Å². The van der Waals surface area contributed by atoms with E-state index in [0.29, 0.717) is 0 Å². The maximum absolute atomic E-state index is 2.45. The molecular formula is C66H43N5. The van der Waals surface area contributed by atoms with Gasteiger partial charge in [-0.25, -0.2) is 0 Å². The number of hydrogen-bond acceptors (Lipinski definition) is 1. The molecule has 0 bridgehead atoms. The van der Waals surface area contributed by atoms with Crippen molar-refractivity contribution in [1.82, 2.24) is 18.3 Å². The van der Waals surface area contributed by atoms with Gasteiger partial charge in [-0.1, -0.05) is 140 Å². The Balaban J connectivity index is 0.925. The number of nitrogens with zero attached hydrogens (tertiary/aromatic N) is 5. The van der Waals surface area contributed by atoms with Crippen molar-refractivity contribution < 1.29 is 0 Å². The highest BCUT2D eigenvalue weighted by Gasteiger charge is 2.23. The predicted octanol–water partition coefficient (Wildman–Crippen LogP) is 17.5. The van der Waals surface area contributed by atoms with Gasteiger partial charge in [0, 0.05) is 82.9 Å². The summed E-state index contributed by atoms with van der Waals surface area (Å²) < 4.78 is 9.73.